The summed E-state index contributed by atoms with van der Waals surface area (Å²) in [7, 11) is 0. The van der Waals surface area contributed by atoms with Crippen LogP contribution in [0.25, 0.3) is 0 Å². The molecule has 1 rings (SSSR count). The molecule has 0 fully saturated rings. The van der Waals surface area contributed by atoms with E-state index in [9.17, 15) is 4.79 Å². The van der Waals surface area contributed by atoms with Crippen LogP contribution in [0.4, 0.5) is 0 Å². The standard InChI is InChI=1S/C5H11NO.C5H5N/c1-3-5(7)6-4-2;1-2-4-6-5-3-1/h3-4H2,1-2H3,(H,6,7);1-5H. The molecule has 13 heavy (non-hydrogen) atoms. The van der Waals surface area contributed by atoms with Gasteiger partial charge >= 0.3 is 0 Å². The van der Waals surface area contributed by atoms with Crippen LogP contribution in [0.1, 0.15) is 20.3 Å². The number of hydrogen-bond donors (Lipinski definition) is 1. The largest absolute Gasteiger partial charge is 0.356 e. The summed E-state index contributed by atoms with van der Waals surface area (Å²) >= 11 is 0. The van der Waals surface area contributed by atoms with Crippen LogP contribution in [0.2, 0.25) is 0 Å². The number of amides is 1. The molecule has 1 amide bonds. The fraction of sp³-hybridized carbons (Fsp3) is 0.400. The molecule has 0 aliphatic rings. The number of carbonyl (C=O) groups excluding carboxylic acids is 1. The third kappa shape index (κ3) is 8.53. The fourth-order valence-corrected chi connectivity index (χ4v) is 0.635. The summed E-state index contributed by atoms with van der Waals surface area (Å²) in [4.78, 5) is 14.1. The zero-order valence-corrected chi connectivity index (χ0v) is 8.16. The van der Waals surface area contributed by atoms with Gasteiger partial charge in [-0.1, -0.05) is 13.0 Å². The van der Waals surface area contributed by atoms with Crippen molar-refractivity contribution in [2.45, 2.75) is 20.3 Å². The Hall–Kier alpha value is -1.38. The topological polar surface area (TPSA) is 42.0 Å². The zero-order valence-electron chi connectivity index (χ0n) is 8.16. The normalized spacial score (nSPS) is 8.15. The molecule has 0 saturated heterocycles. The van der Waals surface area contributed by atoms with Crippen LogP contribution < -0.4 is 5.32 Å². The molecule has 1 N–H and O–H groups in total. The van der Waals surface area contributed by atoms with Gasteiger partial charge in [0.1, 0.15) is 0 Å². The van der Waals surface area contributed by atoms with Crippen LogP contribution in [0, 0.1) is 0 Å². The van der Waals surface area contributed by atoms with Crippen molar-refractivity contribution in [2.75, 3.05) is 6.54 Å². The lowest BCUT2D eigenvalue weighted by Gasteiger charge is -1.93. The van der Waals surface area contributed by atoms with Crippen LogP contribution in [0.3, 0.4) is 0 Å². The quantitative estimate of drug-likeness (QED) is 0.751. The van der Waals surface area contributed by atoms with Gasteiger partial charge in [-0.2, -0.15) is 0 Å². The molecule has 1 heterocycles. The minimum absolute atomic E-state index is 0.127. The number of hydrogen-bond acceptors (Lipinski definition) is 2. The van der Waals surface area contributed by atoms with Gasteiger partial charge in [0, 0.05) is 25.4 Å². The van der Waals surface area contributed by atoms with Crippen molar-refractivity contribution in [1.82, 2.24) is 10.3 Å². The molecule has 0 aliphatic carbocycles. The molecule has 0 radical (unpaired) electrons. The van der Waals surface area contributed by atoms with E-state index >= 15 is 0 Å². The van der Waals surface area contributed by atoms with Crippen LogP contribution in [0.5, 0.6) is 0 Å². The second-order valence-corrected chi connectivity index (χ2v) is 2.33. The molecule has 0 aliphatic heterocycles. The summed E-state index contributed by atoms with van der Waals surface area (Å²) in [5.41, 5.74) is 0. The van der Waals surface area contributed by atoms with Crippen molar-refractivity contribution in [3.8, 4) is 0 Å². The number of nitrogens with zero attached hydrogens (tertiary/aromatic N) is 1. The summed E-state index contributed by atoms with van der Waals surface area (Å²) in [6.45, 7) is 4.49. The molecular formula is C10H16N2O. The third-order valence-corrected chi connectivity index (χ3v) is 1.26. The highest BCUT2D eigenvalue weighted by molar-refractivity contribution is 5.75. The van der Waals surface area contributed by atoms with Gasteiger partial charge in [-0.15, -0.1) is 0 Å². The highest BCUT2D eigenvalue weighted by Crippen LogP contribution is 1.73. The van der Waals surface area contributed by atoms with Crippen molar-refractivity contribution in [3.63, 3.8) is 0 Å². The average molecular weight is 180 g/mol. The smallest absolute Gasteiger partial charge is 0.219 e. The maximum atomic E-state index is 10.3. The first kappa shape index (κ1) is 11.6. The van der Waals surface area contributed by atoms with Crippen LogP contribution in [0.15, 0.2) is 30.6 Å². The molecule has 0 atom stereocenters. The van der Waals surface area contributed by atoms with E-state index in [2.05, 4.69) is 10.3 Å². The highest BCUT2D eigenvalue weighted by atomic mass is 16.1. The van der Waals surface area contributed by atoms with Gasteiger partial charge in [0.05, 0.1) is 0 Å². The van der Waals surface area contributed by atoms with Gasteiger partial charge in [-0.3, -0.25) is 9.78 Å². The summed E-state index contributed by atoms with van der Waals surface area (Å²) in [5, 5.41) is 2.66. The Morgan fingerprint density at radius 1 is 1.23 bits per heavy atom. The Labute approximate surface area is 79.2 Å². The number of pyridine rings is 1. The Kier molecular flexibility index (Phi) is 7.79. The van der Waals surface area contributed by atoms with E-state index in [0.717, 1.165) is 6.54 Å². The first-order valence-electron chi connectivity index (χ1n) is 4.43. The first-order chi connectivity index (χ1) is 6.31. The fourth-order valence-electron chi connectivity index (χ4n) is 0.635. The third-order valence-electron chi connectivity index (χ3n) is 1.26. The Bertz CT molecular complexity index is 185. The van der Waals surface area contributed by atoms with Crippen molar-refractivity contribution in [1.29, 1.82) is 0 Å². The first-order valence-corrected chi connectivity index (χ1v) is 4.43. The maximum absolute atomic E-state index is 10.3. The van der Waals surface area contributed by atoms with Gasteiger partial charge in [-0.25, -0.2) is 0 Å². The van der Waals surface area contributed by atoms with E-state index in [4.69, 9.17) is 0 Å². The van der Waals surface area contributed by atoms with Crippen molar-refractivity contribution < 1.29 is 4.79 Å². The van der Waals surface area contributed by atoms with Crippen LogP contribution in [-0.2, 0) is 4.79 Å². The molecule has 1 aromatic heterocycles. The maximum Gasteiger partial charge on any atom is 0.219 e. The molecule has 0 unspecified atom stereocenters. The number of rotatable bonds is 2. The average Bonchev–Trinajstić information content (AvgIpc) is 2.22. The lowest BCUT2D eigenvalue weighted by Crippen LogP contribution is -2.20. The summed E-state index contributed by atoms with van der Waals surface area (Å²) in [6, 6.07) is 5.72. The molecule has 72 valence electrons. The lowest BCUT2D eigenvalue weighted by molar-refractivity contribution is -0.120. The summed E-state index contributed by atoms with van der Waals surface area (Å²) in [6.07, 6.45) is 4.09. The molecule has 3 nitrogen and oxygen atoms in total. The predicted molar refractivity (Wildman–Crippen MR) is 53.2 cm³/mol. The number of nitrogens with one attached hydrogen (secondary N) is 1. The second-order valence-electron chi connectivity index (χ2n) is 2.33. The van der Waals surface area contributed by atoms with Gasteiger partial charge < -0.3 is 5.32 Å². The second kappa shape index (κ2) is 8.71. The van der Waals surface area contributed by atoms with E-state index in [1.807, 2.05) is 32.0 Å². The number of carbonyl (C=O) groups is 1. The predicted octanol–water partition coefficient (Wildman–Crippen LogP) is 1.61. The highest BCUT2D eigenvalue weighted by Gasteiger charge is 1.88. The molecular weight excluding hydrogens is 164 g/mol. The Morgan fingerprint density at radius 2 is 1.85 bits per heavy atom. The molecule has 0 bridgehead atoms. The van der Waals surface area contributed by atoms with E-state index in [1.54, 1.807) is 12.4 Å². The Morgan fingerprint density at radius 3 is 2.00 bits per heavy atom. The van der Waals surface area contributed by atoms with Crippen molar-refractivity contribution in [2.24, 2.45) is 0 Å². The minimum Gasteiger partial charge on any atom is -0.356 e. The van der Waals surface area contributed by atoms with Gasteiger partial charge in [0.15, 0.2) is 0 Å². The SMILES string of the molecule is CCNC(=O)CC.c1ccncc1. The Balaban J connectivity index is 0.000000223. The van der Waals surface area contributed by atoms with E-state index < -0.39 is 0 Å². The monoisotopic (exact) mass is 180 g/mol. The van der Waals surface area contributed by atoms with Gasteiger partial charge in [0.25, 0.3) is 0 Å². The lowest BCUT2D eigenvalue weighted by atomic mass is 10.4. The number of aromatic nitrogens is 1. The van der Waals surface area contributed by atoms with Gasteiger partial charge in [0.2, 0.25) is 5.91 Å². The van der Waals surface area contributed by atoms with E-state index in [-0.39, 0.29) is 5.91 Å². The summed E-state index contributed by atoms with van der Waals surface area (Å²) in [5.74, 6) is 0.127. The zero-order chi connectivity index (χ0) is 9.94. The van der Waals surface area contributed by atoms with Crippen LogP contribution in [-0.4, -0.2) is 17.4 Å². The summed E-state index contributed by atoms with van der Waals surface area (Å²) < 4.78 is 0. The van der Waals surface area contributed by atoms with Crippen molar-refractivity contribution in [3.05, 3.63) is 30.6 Å². The molecule has 0 saturated carbocycles. The van der Waals surface area contributed by atoms with E-state index in [0.29, 0.717) is 6.42 Å². The minimum atomic E-state index is 0.127. The molecule has 3 heteroatoms. The van der Waals surface area contributed by atoms with Gasteiger partial charge in [-0.05, 0) is 19.1 Å². The molecule has 0 spiro atoms. The van der Waals surface area contributed by atoms with Crippen molar-refractivity contribution >= 4 is 5.91 Å². The van der Waals surface area contributed by atoms with Crippen LogP contribution >= 0.6 is 0 Å². The molecule has 1 aromatic rings. The molecule has 0 aromatic carbocycles. The van der Waals surface area contributed by atoms with E-state index in [1.165, 1.54) is 0 Å².